The zero-order valence-corrected chi connectivity index (χ0v) is 7.07. The number of aromatic nitrogens is 3. The largest absolute Gasteiger partial charge is 0.468 e. The van der Waals surface area contributed by atoms with Crippen molar-refractivity contribution in [2.75, 3.05) is 7.11 Å². The zero-order chi connectivity index (χ0) is 9.30. The Bertz CT molecular complexity index is 403. The van der Waals surface area contributed by atoms with E-state index < -0.39 is 11.4 Å². The molecule has 0 saturated carbocycles. The van der Waals surface area contributed by atoms with Crippen molar-refractivity contribution in [3.63, 3.8) is 0 Å². The van der Waals surface area contributed by atoms with Crippen LogP contribution in [-0.2, 0) is 14.1 Å². The Balaban J connectivity index is 3.61. The fourth-order valence-electron chi connectivity index (χ4n) is 0.803. The molecule has 1 rings (SSSR count). The third kappa shape index (κ3) is 1.11. The van der Waals surface area contributed by atoms with Crippen LogP contribution in [-0.4, -0.2) is 21.2 Å². The van der Waals surface area contributed by atoms with Gasteiger partial charge < -0.3 is 4.74 Å². The predicted octanol–water partition coefficient (Wildman–Crippen LogP) is -1.51. The molecule has 0 atom stereocenters. The van der Waals surface area contributed by atoms with E-state index in [-0.39, 0.29) is 6.01 Å². The van der Waals surface area contributed by atoms with Gasteiger partial charge in [-0.1, -0.05) is 0 Å². The normalized spacial score (nSPS) is 9.92. The fraction of sp³-hybridized carbons (Fsp3) is 0.500. The van der Waals surface area contributed by atoms with Crippen molar-refractivity contribution < 1.29 is 4.74 Å². The van der Waals surface area contributed by atoms with Gasteiger partial charge in [0.25, 0.3) is 0 Å². The second kappa shape index (κ2) is 2.80. The minimum Gasteiger partial charge on any atom is -0.468 e. The minimum atomic E-state index is -0.616. The highest BCUT2D eigenvalue weighted by Crippen LogP contribution is 1.93. The van der Waals surface area contributed by atoms with Crippen molar-refractivity contribution in [3.8, 4) is 6.01 Å². The van der Waals surface area contributed by atoms with Gasteiger partial charge in [-0.3, -0.25) is 4.57 Å². The third-order valence-corrected chi connectivity index (χ3v) is 1.52. The molecular weight excluding hydrogens is 162 g/mol. The molecular formula is C6H9N3O3. The first-order chi connectivity index (χ1) is 5.57. The molecule has 0 bridgehead atoms. The van der Waals surface area contributed by atoms with Gasteiger partial charge in [0, 0.05) is 14.1 Å². The molecule has 0 amide bonds. The molecule has 0 radical (unpaired) electrons. The number of hydrogen-bond acceptors (Lipinski definition) is 4. The highest BCUT2D eigenvalue weighted by atomic mass is 16.5. The lowest BCUT2D eigenvalue weighted by atomic mass is 10.8. The first-order valence-electron chi connectivity index (χ1n) is 3.26. The maximum absolute atomic E-state index is 11.2. The van der Waals surface area contributed by atoms with Gasteiger partial charge in [0.1, 0.15) is 0 Å². The van der Waals surface area contributed by atoms with Gasteiger partial charge in [-0.25, -0.2) is 14.2 Å². The highest BCUT2D eigenvalue weighted by Gasteiger charge is 2.05. The molecule has 6 heteroatoms. The molecule has 1 heterocycles. The second-order valence-electron chi connectivity index (χ2n) is 2.28. The van der Waals surface area contributed by atoms with Crippen LogP contribution in [0.2, 0.25) is 0 Å². The van der Waals surface area contributed by atoms with Gasteiger partial charge >= 0.3 is 17.4 Å². The van der Waals surface area contributed by atoms with E-state index in [2.05, 4.69) is 4.98 Å². The summed E-state index contributed by atoms with van der Waals surface area (Å²) < 4.78 is 6.76. The lowest BCUT2D eigenvalue weighted by Gasteiger charge is -2.04. The Kier molecular flexibility index (Phi) is 1.99. The summed E-state index contributed by atoms with van der Waals surface area (Å²) >= 11 is 0. The van der Waals surface area contributed by atoms with Gasteiger partial charge in [-0.05, 0) is 0 Å². The van der Waals surface area contributed by atoms with E-state index >= 15 is 0 Å². The van der Waals surface area contributed by atoms with E-state index in [0.29, 0.717) is 0 Å². The van der Waals surface area contributed by atoms with Crippen molar-refractivity contribution in [1.29, 1.82) is 0 Å². The third-order valence-electron chi connectivity index (χ3n) is 1.52. The number of ether oxygens (including phenoxy) is 1. The van der Waals surface area contributed by atoms with E-state index in [1.807, 2.05) is 0 Å². The van der Waals surface area contributed by atoms with Gasteiger partial charge in [-0.15, -0.1) is 4.98 Å². The molecule has 66 valence electrons. The van der Waals surface area contributed by atoms with Crippen LogP contribution in [0.4, 0.5) is 0 Å². The smallest absolute Gasteiger partial charge is 0.356 e. The lowest BCUT2D eigenvalue weighted by molar-refractivity contribution is 0.345. The predicted molar refractivity (Wildman–Crippen MR) is 41.3 cm³/mol. The molecule has 1 aromatic heterocycles. The summed E-state index contributed by atoms with van der Waals surface area (Å²) in [5.74, 6) is 0. The highest BCUT2D eigenvalue weighted by molar-refractivity contribution is 4.92. The van der Waals surface area contributed by atoms with Crippen molar-refractivity contribution >= 4 is 0 Å². The van der Waals surface area contributed by atoms with Crippen molar-refractivity contribution in [3.05, 3.63) is 21.0 Å². The quantitative estimate of drug-likeness (QED) is 0.515. The standard InChI is InChI=1S/C6H9N3O3/c1-8-4(10)7-5(12-3)9(2)6(8)11/h1-3H3. The summed E-state index contributed by atoms with van der Waals surface area (Å²) in [5, 5.41) is 0. The van der Waals surface area contributed by atoms with Crippen molar-refractivity contribution in [1.82, 2.24) is 14.1 Å². The molecule has 12 heavy (non-hydrogen) atoms. The summed E-state index contributed by atoms with van der Waals surface area (Å²) in [4.78, 5) is 25.6. The molecule has 0 N–H and O–H groups in total. The van der Waals surface area contributed by atoms with E-state index in [9.17, 15) is 9.59 Å². The van der Waals surface area contributed by atoms with Crippen molar-refractivity contribution in [2.45, 2.75) is 0 Å². The molecule has 0 spiro atoms. The molecule has 0 aliphatic heterocycles. The van der Waals surface area contributed by atoms with Crippen LogP contribution in [0.3, 0.4) is 0 Å². The Morgan fingerprint density at radius 2 is 1.83 bits per heavy atom. The topological polar surface area (TPSA) is 66.1 Å². The summed E-state index contributed by atoms with van der Waals surface area (Å²) in [6.07, 6.45) is 0. The average molecular weight is 171 g/mol. The number of hydrogen-bond donors (Lipinski definition) is 0. The summed E-state index contributed by atoms with van der Waals surface area (Å²) in [5.41, 5.74) is -1.07. The Morgan fingerprint density at radius 3 is 2.33 bits per heavy atom. The Hall–Kier alpha value is -1.59. The first kappa shape index (κ1) is 8.51. The van der Waals surface area contributed by atoms with E-state index in [1.54, 1.807) is 0 Å². The van der Waals surface area contributed by atoms with Crippen molar-refractivity contribution in [2.24, 2.45) is 14.1 Å². The van der Waals surface area contributed by atoms with Crippen LogP contribution in [0.25, 0.3) is 0 Å². The van der Waals surface area contributed by atoms with E-state index in [0.717, 1.165) is 9.13 Å². The van der Waals surface area contributed by atoms with Gasteiger partial charge in [0.2, 0.25) is 0 Å². The summed E-state index contributed by atoms with van der Waals surface area (Å²) in [7, 11) is 4.19. The minimum absolute atomic E-state index is 0.0168. The molecule has 0 fully saturated rings. The molecule has 6 nitrogen and oxygen atoms in total. The van der Waals surface area contributed by atoms with Crippen LogP contribution in [0, 0.1) is 0 Å². The van der Waals surface area contributed by atoms with Gasteiger partial charge in [-0.2, -0.15) is 0 Å². The fourth-order valence-corrected chi connectivity index (χ4v) is 0.803. The van der Waals surface area contributed by atoms with Crippen LogP contribution in [0.5, 0.6) is 6.01 Å². The van der Waals surface area contributed by atoms with Crippen LogP contribution >= 0.6 is 0 Å². The molecule has 0 aliphatic carbocycles. The van der Waals surface area contributed by atoms with E-state index in [1.165, 1.54) is 21.2 Å². The second-order valence-corrected chi connectivity index (χ2v) is 2.28. The Morgan fingerprint density at radius 1 is 1.25 bits per heavy atom. The maximum atomic E-state index is 11.2. The maximum Gasteiger partial charge on any atom is 0.356 e. The average Bonchev–Trinajstić information content (AvgIpc) is 2.08. The molecule has 0 unspecified atom stereocenters. The number of methoxy groups -OCH3 is 1. The molecule has 0 aromatic carbocycles. The summed E-state index contributed by atoms with van der Waals surface area (Å²) in [6, 6.07) is 0.0168. The first-order valence-corrected chi connectivity index (χ1v) is 3.26. The van der Waals surface area contributed by atoms with Crippen LogP contribution in [0.1, 0.15) is 0 Å². The number of nitrogens with zero attached hydrogens (tertiary/aromatic N) is 3. The number of rotatable bonds is 1. The molecule has 0 aliphatic rings. The van der Waals surface area contributed by atoms with E-state index in [4.69, 9.17) is 4.74 Å². The molecule has 0 saturated heterocycles. The lowest BCUT2D eigenvalue weighted by Crippen LogP contribution is -2.39. The van der Waals surface area contributed by atoms with Crippen LogP contribution < -0.4 is 16.1 Å². The monoisotopic (exact) mass is 171 g/mol. The van der Waals surface area contributed by atoms with Gasteiger partial charge in [0.15, 0.2) is 0 Å². The van der Waals surface area contributed by atoms with Gasteiger partial charge in [0.05, 0.1) is 7.11 Å². The Labute approximate surface area is 68.0 Å². The SMILES string of the molecule is COc1nc(=O)n(C)c(=O)n1C. The summed E-state index contributed by atoms with van der Waals surface area (Å²) in [6.45, 7) is 0. The zero-order valence-electron chi connectivity index (χ0n) is 7.07. The molecule has 1 aromatic rings. The van der Waals surface area contributed by atoms with Crippen LogP contribution in [0.15, 0.2) is 9.59 Å².